The van der Waals surface area contributed by atoms with Crippen LogP contribution in [0.15, 0.2) is 51.8 Å². The van der Waals surface area contributed by atoms with Gasteiger partial charge in [0.1, 0.15) is 0 Å². The molecule has 1 aliphatic carbocycles. The van der Waals surface area contributed by atoms with Crippen LogP contribution in [-0.2, 0) is 14.8 Å². The molecule has 0 bridgehead atoms. The molecule has 7 nitrogen and oxygen atoms in total. The number of sulfonamides is 1. The summed E-state index contributed by atoms with van der Waals surface area (Å²) in [6.07, 6.45) is 1.65. The molecule has 1 saturated carbocycles. The van der Waals surface area contributed by atoms with Gasteiger partial charge in [-0.25, -0.2) is 13.1 Å². The van der Waals surface area contributed by atoms with Gasteiger partial charge in [-0.2, -0.15) is 0 Å². The standard InChI is InChI=1S/C20H22BrN3O4S/c1-13-10-15(21)6-9-18(13)22-19(25)12-24(2)20(26)14-4-3-5-17(11-14)29(27,28)23-16-7-8-16/h3-6,9-11,16,23H,7-8,12H2,1-2H3,(H,22,25). The summed E-state index contributed by atoms with van der Waals surface area (Å²) in [6, 6.07) is 11.3. The molecule has 0 heterocycles. The quantitative estimate of drug-likeness (QED) is 0.637. The molecule has 0 atom stereocenters. The number of benzene rings is 2. The van der Waals surface area contributed by atoms with E-state index in [4.69, 9.17) is 0 Å². The van der Waals surface area contributed by atoms with Gasteiger partial charge in [-0.05, 0) is 61.7 Å². The minimum Gasteiger partial charge on any atom is -0.332 e. The number of hydrogen-bond donors (Lipinski definition) is 2. The lowest BCUT2D eigenvalue weighted by atomic mass is 10.2. The van der Waals surface area contributed by atoms with Crippen LogP contribution in [0.5, 0.6) is 0 Å². The smallest absolute Gasteiger partial charge is 0.254 e. The van der Waals surface area contributed by atoms with Crippen LogP contribution in [0, 0.1) is 6.92 Å². The van der Waals surface area contributed by atoms with Crippen molar-refractivity contribution in [3.63, 3.8) is 0 Å². The highest BCUT2D eigenvalue weighted by atomic mass is 79.9. The summed E-state index contributed by atoms with van der Waals surface area (Å²) in [6.45, 7) is 1.71. The summed E-state index contributed by atoms with van der Waals surface area (Å²) < 4.78 is 28.2. The normalized spacial score (nSPS) is 13.8. The molecule has 1 fully saturated rings. The van der Waals surface area contributed by atoms with Crippen molar-refractivity contribution < 1.29 is 18.0 Å². The number of halogens is 1. The Balaban J connectivity index is 1.66. The van der Waals surface area contributed by atoms with Gasteiger partial charge in [-0.15, -0.1) is 0 Å². The number of carbonyl (C=O) groups excluding carboxylic acids is 2. The van der Waals surface area contributed by atoms with Gasteiger partial charge in [-0.1, -0.05) is 22.0 Å². The number of anilines is 1. The highest BCUT2D eigenvalue weighted by Crippen LogP contribution is 2.23. The molecule has 2 amide bonds. The Bertz CT molecular complexity index is 1050. The zero-order chi connectivity index (χ0) is 21.2. The molecule has 154 valence electrons. The fourth-order valence-corrected chi connectivity index (χ4v) is 4.58. The second kappa shape index (κ2) is 8.64. The fourth-order valence-electron chi connectivity index (χ4n) is 2.75. The summed E-state index contributed by atoms with van der Waals surface area (Å²) in [7, 11) is -2.15. The number of nitrogens with one attached hydrogen (secondary N) is 2. The first-order valence-corrected chi connectivity index (χ1v) is 11.4. The highest BCUT2D eigenvalue weighted by Gasteiger charge is 2.28. The van der Waals surface area contributed by atoms with Crippen molar-refractivity contribution in [1.82, 2.24) is 9.62 Å². The van der Waals surface area contributed by atoms with Crippen molar-refractivity contribution in [2.75, 3.05) is 18.9 Å². The van der Waals surface area contributed by atoms with Crippen LogP contribution in [0.3, 0.4) is 0 Å². The van der Waals surface area contributed by atoms with Gasteiger partial charge in [0.25, 0.3) is 5.91 Å². The maximum Gasteiger partial charge on any atom is 0.254 e. The number of carbonyl (C=O) groups is 2. The first kappa shape index (κ1) is 21.5. The Morgan fingerprint density at radius 3 is 2.55 bits per heavy atom. The van der Waals surface area contributed by atoms with Crippen molar-refractivity contribution in [3.05, 3.63) is 58.1 Å². The molecule has 9 heteroatoms. The van der Waals surface area contributed by atoms with Gasteiger partial charge in [0.05, 0.1) is 11.4 Å². The summed E-state index contributed by atoms with van der Waals surface area (Å²) in [5.41, 5.74) is 1.76. The van der Waals surface area contributed by atoms with E-state index in [9.17, 15) is 18.0 Å². The van der Waals surface area contributed by atoms with E-state index in [1.54, 1.807) is 6.07 Å². The lowest BCUT2D eigenvalue weighted by Gasteiger charge is -2.18. The number of aryl methyl sites for hydroxylation is 1. The molecule has 2 aromatic rings. The van der Waals surface area contributed by atoms with Crippen LogP contribution in [0.25, 0.3) is 0 Å². The molecule has 0 unspecified atom stereocenters. The van der Waals surface area contributed by atoms with Crippen LogP contribution in [0.2, 0.25) is 0 Å². The molecular formula is C20H22BrN3O4S. The molecule has 2 N–H and O–H groups in total. The summed E-state index contributed by atoms with van der Waals surface area (Å²) >= 11 is 3.37. The molecule has 3 rings (SSSR count). The van der Waals surface area contributed by atoms with Crippen molar-refractivity contribution in [2.24, 2.45) is 0 Å². The molecule has 29 heavy (non-hydrogen) atoms. The van der Waals surface area contributed by atoms with Crippen LogP contribution >= 0.6 is 15.9 Å². The molecular weight excluding hydrogens is 458 g/mol. The Labute approximate surface area is 178 Å². The van der Waals surface area contributed by atoms with Crippen molar-refractivity contribution >= 4 is 43.5 Å². The average molecular weight is 480 g/mol. The predicted octanol–water partition coefficient (Wildman–Crippen LogP) is 2.91. The second-order valence-electron chi connectivity index (χ2n) is 7.09. The largest absolute Gasteiger partial charge is 0.332 e. The number of rotatable bonds is 7. The van der Waals surface area contributed by atoms with Gasteiger partial charge in [0.15, 0.2) is 0 Å². The minimum atomic E-state index is -3.65. The molecule has 0 radical (unpaired) electrons. The predicted molar refractivity (Wildman–Crippen MR) is 114 cm³/mol. The number of amides is 2. The third-order valence-corrected chi connectivity index (χ3v) is 6.49. The van der Waals surface area contributed by atoms with Gasteiger partial charge >= 0.3 is 0 Å². The number of nitrogens with zero attached hydrogens (tertiary/aromatic N) is 1. The first-order chi connectivity index (χ1) is 13.7. The third-order valence-electron chi connectivity index (χ3n) is 4.48. The lowest BCUT2D eigenvalue weighted by Crippen LogP contribution is -2.35. The Morgan fingerprint density at radius 1 is 1.17 bits per heavy atom. The maximum atomic E-state index is 12.7. The van der Waals surface area contributed by atoms with E-state index in [0.29, 0.717) is 5.69 Å². The molecule has 0 saturated heterocycles. The Morgan fingerprint density at radius 2 is 1.90 bits per heavy atom. The molecule has 1 aliphatic rings. The third kappa shape index (κ3) is 5.65. The first-order valence-electron chi connectivity index (χ1n) is 9.09. The van der Waals surface area contributed by atoms with Gasteiger partial charge < -0.3 is 10.2 Å². The van der Waals surface area contributed by atoms with Crippen LogP contribution < -0.4 is 10.0 Å². The number of likely N-dealkylation sites (N-methyl/N-ethyl adjacent to an activating group) is 1. The monoisotopic (exact) mass is 479 g/mol. The van der Waals surface area contributed by atoms with Crippen molar-refractivity contribution in [2.45, 2.75) is 30.7 Å². The average Bonchev–Trinajstić information content (AvgIpc) is 3.46. The van der Waals surface area contributed by atoms with E-state index in [-0.39, 0.29) is 29.0 Å². The van der Waals surface area contributed by atoms with E-state index >= 15 is 0 Å². The zero-order valence-electron chi connectivity index (χ0n) is 16.1. The topological polar surface area (TPSA) is 95.6 Å². The Hall–Kier alpha value is -2.23. The van der Waals surface area contributed by atoms with Gasteiger partial charge in [-0.3, -0.25) is 9.59 Å². The van der Waals surface area contributed by atoms with Crippen LogP contribution in [0.1, 0.15) is 28.8 Å². The second-order valence-corrected chi connectivity index (χ2v) is 9.72. The van der Waals surface area contributed by atoms with E-state index in [0.717, 1.165) is 22.9 Å². The fraction of sp³-hybridized carbons (Fsp3) is 0.300. The summed E-state index contributed by atoms with van der Waals surface area (Å²) in [5.74, 6) is -0.776. The molecule has 0 aromatic heterocycles. The molecule has 0 spiro atoms. The van der Waals surface area contributed by atoms with Crippen molar-refractivity contribution in [3.8, 4) is 0 Å². The van der Waals surface area contributed by atoms with E-state index in [2.05, 4.69) is 26.0 Å². The zero-order valence-corrected chi connectivity index (χ0v) is 18.5. The SMILES string of the molecule is Cc1cc(Br)ccc1NC(=O)CN(C)C(=O)c1cccc(S(=O)(=O)NC2CC2)c1. The highest BCUT2D eigenvalue weighted by molar-refractivity contribution is 9.10. The number of hydrogen-bond acceptors (Lipinski definition) is 4. The van der Waals surface area contributed by atoms with E-state index < -0.39 is 15.9 Å². The van der Waals surface area contributed by atoms with E-state index in [1.165, 1.54) is 36.2 Å². The van der Waals surface area contributed by atoms with Crippen molar-refractivity contribution in [1.29, 1.82) is 0 Å². The maximum absolute atomic E-state index is 12.7. The van der Waals surface area contributed by atoms with Gasteiger partial charge in [0.2, 0.25) is 15.9 Å². The summed E-state index contributed by atoms with van der Waals surface area (Å²) in [5, 5.41) is 2.78. The van der Waals surface area contributed by atoms with Crippen LogP contribution in [0.4, 0.5) is 5.69 Å². The van der Waals surface area contributed by atoms with Crippen LogP contribution in [-0.4, -0.2) is 44.8 Å². The molecule has 2 aromatic carbocycles. The van der Waals surface area contributed by atoms with E-state index in [1.807, 2.05) is 19.1 Å². The lowest BCUT2D eigenvalue weighted by molar-refractivity contribution is -0.116. The molecule has 0 aliphatic heterocycles. The van der Waals surface area contributed by atoms with Gasteiger partial charge in [0, 0.05) is 28.8 Å². The summed E-state index contributed by atoms with van der Waals surface area (Å²) in [4.78, 5) is 26.3. The Kier molecular flexibility index (Phi) is 6.40. The minimum absolute atomic E-state index is 0.0206.